The van der Waals surface area contributed by atoms with Gasteiger partial charge in [-0.3, -0.25) is 0 Å². The Morgan fingerprint density at radius 2 is 2.12 bits per heavy atom. The first-order valence-electron chi connectivity index (χ1n) is 6.79. The summed E-state index contributed by atoms with van der Waals surface area (Å²) in [6, 6.07) is 0.524. The van der Waals surface area contributed by atoms with Gasteiger partial charge < -0.3 is 14.8 Å². The van der Waals surface area contributed by atoms with Crippen LogP contribution in [0.2, 0.25) is 0 Å². The van der Waals surface area contributed by atoms with Crippen LogP contribution in [0.1, 0.15) is 40.5 Å². The van der Waals surface area contributed by atoms with E-state index >= 15 is 0 Å². The summed E-state index contributed by atoms with van der Waals surface area (Å²) in [6.45, 7) is 11.8. The van der Waals surface area contributed by atoms with E-state index in [2.05, 4.69) is 33.0 Å². The molecule has 0 aliphatic carbocycles. The third-order valence-corrected chi connectivity index (χ3v) is 3.55. The lowest BCUT2D eigenvalue weighted by atomic mass is 9.81. The van der Waals surface area contributed by atoms with Gasteiger partial charge in [0.05, 0.1) is 6.10 Å². The Kier molecular flexibility index (Phi) is 5.90. The predicted molar refractivity (Wildman–Crippen MR) is 71.3 cm³/mol. The van der Waals surface area contributed by atoms with E-state index in [0.717, 1.165) is 26.2 Å². The van der Waals surface area contributed by atoms with Gasteiger partial charge in [0, 0.05) is 38.8 Å². The number of hydrogen-bond donors (Lipinski definition) is 1. The van der Waals surface area contributed by atoms with Crippen molar-refractivity contribution in [1.82, 2.24) is 5.32 Å². The third-order valence-electron chi connectivity index (χ3n) is 3.55. The van der Waals surface area contributed by atoms with Crippen LogP contribution in [0.3, 0.4) is 0 Å². The molecule has 1 saturated heterocycles. The molecule has 0 aromatic heterocycles. The zero-order valence-electron chi connectivity index (χ0n) is 12.1. The molecule has 3 nitrogen and oxygen atoms in total. The molecule has 0 amide bonds. The third kappa shape index (κ3) is 4.94. The fraction of sp³-hybridized carbons (Fsp3) is 1.00. The Bertz CT molecular complexity index is 213. The molecule has 1 rings (SSSR count). The Labute approximate surface area is 106 Å². The summed E-state index contributed by atoms with van der Waals surface area (Å²) < 4.78 is 11.0. The molecule has 3 atom stereocenters. The van der Waals surface area contributed by atoms with Gasteiger partial charge in [-0.05, 0) is 25.2 Å². The molecule has 0 spiro atoms. The van der Waals surface area contributed by atoms with Crippen LogP contribution in [0.4, 0.5) is 0 Å². The zero-order chi connectivity index (χ0) is 12.9. The molecule has 1 N–H and O–H groups in total. The van der Waals surface area contributed by atoms with Crippen LogP contribution in [-0.2, 0) is 9.47 Å². The molecule has 0 aromatic carbocycles. The molecular formula is C14H29NO2. The standard InChI is InChI=1S/C14H29NO2/c1-11(6-8-16-5)15-10-12-7-9-17-13(12)14(2,3)4/h11-13,15H,6-10H2,1-5H3/t11-,12+,13-/m0/s1. The van der Waals surface area contributed by atoms with Crippen LogP contribution >= 0.6 is 0 Å². The molecule has 17 heavy (non-hydrogen) atoms. The fourth-order valence-corrected chi connectivity index (χ4v) is 2.55. The summed E-state index contributed by atoms with van der Waals surface area (Å²) in [5.74, 6) is 0.653. The Hall–Kier alpha value is -0.120. The van der Waals surface area contributed by atoms with Crippen molar-refractivity contribution in [3.05, 3.63) is 0 Å². The zero-order valence-corrected chi connectivity index (χ0v) is 12.1. The van der Waals surface area contributed by atoms with Gasteiger partial charge in [-0.15, -0.1) is 0 Å². The molecule has 0 saturated carbocycles. The maximum atomic E-state index is 5.88. The normalized spacial score (nSPS) is 27.4. The minimum atomic E-state index is 0.249. The summed E-state index contributed by atoms with van der Waals surface area (Å²) in [7, 11) is 1.76. The topological polar surface area (TPSA) is 30.5 Å². The second-order valence-corrected chi connectivity index (χ2v) is 6.30. The number of nitrogens with one attached hydrogen (secondary N) is 1. The van der Waals surface area contributed by atoms with Crippen LogP contribution in [0.25, 0.3) is 0 Å². The molecule has 0 aromatic rings. The highest BCUT2D eigenvalue weighted by Crippen LogP contribution is 2.34. The molecule has 1 fully saturated rings. The maximum absolute atomic E-state index is 5.88. The number of ether oxygens (including phenoxy) is 2. The van der Waals surface area contributed by atoms with Gasteiger partial charge >= 0.3 is 0 Å². The Morgan fingerprint density at radius 1 is 1.41 bits per heavy atom. The Morgan fingerprint density at radius 3 is 2.71 bits per heavy atom. The van der Waals surface area contributed by atoms with Gasteiger partial charge in [0.1, 0.15) is 0 Å². The van der Waals surface area contributed by atoms with Crippen LogP contribution in [0, 0.1) is 11.3 Å². The van der Waals surface area contributed by atoms with Gasteiger partial charge in [-0.1, -0.05) is 20.8 Å². The first-order valence-corrected chi connectivity index (χ1v) is 6.79. The summed E-state index contributed by atoms with van der Waals surface area (Å²) in [5, 5.41) is 3.60. The average molecular weight is 243 g/mol. The van der Waals surface area contributed by atoms with Gasteiger partial charge in [-0.2, -0.15) is 0 Å². The number of methoxy groups -OCH3 is 1. The summed E-state index contributed by atoms with van der Waals surface area (Å²) >= 11 is 0. The fourth-order valence-electron chi connectivity index (χ4n) is 2.55. The van der Waals surface area contributed by atoms with E-state index in [9.17, 15) is 0 Å². The number of rotatable bonds is 6. The van der Waals surface area contributed by atoms with E-state index in [0.29, 0.717) is 18.1 Å². The lowest BCUT2D eigenvalue weighted by Crippen LogP contribution is -2.39. The van der Waals surface area contributed by atoms with Crippen molar-refractivity contribution >= 4 is 0 Å². The molecule has 1 heterocycles. The van der Waals surface area contributed by atoms with Crippen molar-refractivity contribution in [3.8, 4) is 0 Å². The van der Waals surface area contributed by atoms with Crippen molar-refractivity contribution in [2.24, 2.45) is 11.3 Å². The maximum Gasteiger partial charge on any atom is 0.0664 e. The first kappa shape index (κ1) is 14.9. The molecule has 1 aliphatic rings. The van der Waals surface area contributed by atoms with E-state index in [4.69, 9.17) is 9.47 Å². The van der Waals surface area contributed by atoms with E-state index in [1.54, 1.807) is 7.11 Å². The quantitative estimate of drug-likeness (QED) is 0.777. The van der Waals surface area contributed by atoms with Crippen molar-refractivity contribution in [1.29, 1.82) is 0 Å². The SMILES string of the molecule is COCC[C@H](C)NC[C@H]1CCO[C@@H]1C(C)(C)C. The van der Waals surface area contributed by atoms with Crippen LogP contribution in [-0.4, -0.2) is 39.0 Å². The minimum absolute atomic E-state index is 0.249. The predicted octanol–water partition coefficient (Wildman–Crippen LogP) is 2.45. The molecule has 0 unspecified atom stereocenters. The summed E-state index contributed by atoms with van der Waals surface area (Å²) in [4.78, 5) is 0. The van der Waals surface area contributed by atoms with E-state index in [1.807, 2.05) is 0 Å². The van der Waals surface area contributed by atoms with E-state index in [1.165, 1.54) is 6.42 Å². The Balaban J connectivity index is 2.30. The molecule has 1 aliphatic heterocycles. The molecule has 0 radical (unpaired) electrons. The largest absolute Gasteiger partial charge is 0.385 e. The van der Waals surface area contributed by atoms with Crippen molar-refractivity contribution in [2.75, 3.05) is 26.9 Å². The lowest BCUT2D eigenvalue weighted by Gasteiger charge is -2.31. The monoisotopic (exact) mass is 243 g/mol. The molecule has 0 bridgehead atoms. The molecule has 3 heteroatoms. The summed E-state index contributed by atoms with van der Waals surface area (Å²) in [5.41, 5.74) is 0.249. The van der Waals surface area contributed by atoms with Crippen LogP contribution in [0.5, 0.6) is 0 Å². The smallest absolute Gasteiger partial charge is 0.0664 e. The van der Waals surface area contributed by atoms with Crippen molar-refractivity contribution in [3.63, 3.8) is 0 Å². The van der Waals surface area contributed by atoms with E-state index < -0.39 is 0 Å². The van der Waals surface area contributed by atoms with Crippen molar-refractivity contribution < 1.29 is 9.47 Å². The van der Waals surface area contributed by atoms with Crippen LogP contribution in [0.15, 0.2) is 0 Å². The van der Waals surface area contributed by atoms with E-state index in [-0.39, 0.29) is 5.41 Å². The molecule has 102 valence electrons. The van der Waals surface area contributed by atoms with Crippen LogP contribution < -0.4 is 5.32 Å². The van der Waals surface area contributed by atoms with Gasteiger partial charge in [-0.25, -0.2) is 0 Å². The average Bonchev–Trinajstić information content (AvgIpc) is 2.71. The highest BCUT2D eigenvalue weighted by molar-refractivity contribution is 4.87. The van der Waals surface area contributed by atoms with Gasteiger partial charge in [0.25, 0.3) is 0 Å². The van der Waals surface area contributed by atoms with Gasteiger partial charge in [0.2, 0.25) is 0 Å². The number of hydrogen-bond acceptors (Lipinski definition) is 3. The summed E-state index contributed by atoms with van der Waals surface area (Å²) in [6.07, 6.45) is 2.65. The molecular weight excluding hydrogens is 214 g/mol. The first-order chi connectivity index (χ1) is 7.95. The van der Waals surface area contributed by atoms with Gasteiger partial charge in [0.15, 0.2) is 0 Å². The highest BCUT2D eigenvalue weighted by atomic mass is 16.5. The second kappa shape index (κ2) is 6.72. The lowest BCUT2D eigenvalue weighted by molar-refractivity contribution is 0.00672. The van der Waals surface area contributed by atoms with Crippen molar-refractivity contribution in [2.45, 2.75) is 52.7 Å². The second-order valence-electron chi connectivity index (χ2n) is 6.30. The minimum Gasteiger partial charge on any atom is -0.385 e. The highest BCUT2D eigenvalue weighted by Gasteiger charge is 2.36.